The highest BCUT2D eigenvalue weighted by atomic mass is 32.2. The molecule has 3 aromatic rings. The minimum atomic E-state index is 0.543. The first kappa shape index (κ1) is 17.8. The van der Waals surface area contributed by atoms with Gasteiger partial charge in [-0.05, 0) is 48.5 Å². The summed E-state index contributed by atoms with van der Waals surface area (Å²) in [6.45, 7) is 0.543. The Hall–Kier alpha value is -2.98. The summed E-state index contributed by atoms with van der Waals surface area (Å²) in [6.07, 6.45) is 0. The molecular formula is C19H18N4O2S. The van der Waals surface area contributed by atoms with Crippen LogP contribution in [0.5, 0.6) is 11.5 Å². The SMILES string of the molecule is COc1ccc(-c2nnc(SCCOc3ccc(C#N)cc3)n2C)cc1. The fourth-order valence-corrected chi connectivity index (χ4v) is 3.08. The Morgan fingerprint density at radius 3 is 2.38 bits per heavy atom. The number of rotatable bonds is 7. The maximum absolute atomic E-state index is 8.79. The van der Waals surface area contributed by atoms with E-state index in [0.717, 1.165) is 33.8 Å². The zero-order valence-corrected chi connectivity index (χ0v) is 15.4. The Labute approximate surface area is 156 Å². The number of hydrogen-bond donors (Lipinski definition) is 0. The first-order valence-corrected chi connectivity index (χ1v) is 8.99. The minimum Gasteiger partial charge on any atom is -0.497 e. The lowest BCUT2D eigenvalue weighted by molar-refractivity contribution is 0.344. The van der Waals surface area contributed by atoms with Gasteiger partial charge in [-0.3, -0.25) is 0 Å². The van der Waals surface area contributed by atoms with E-state index in [-0.39, 0.29) is 0 Å². The molecule has 0 aliphatic heterocycles. The van der Waals surface area contributed by atoms with Crippen molar-refractivity contribution in [2.45, 2.75) is 5.16 Å². The molecule has 0 radical (unpaired) electrons. The molecule has 0 saturated heterocycles. The third-order valence-electron chi connectivity index (χ3n) is 3.75. The molecule has 132 valence electrons. The summed E-state index contributed by atoms with van der Waals surface area (Å²) in [6, 6.07) is 16.9. The highest BCUT2D eigenvalue weighted by Gasteiger charge is 2.11. The normalized spacial score (nSPS) is 10.3. The summed E-state index contributed by atoms with van der Waals surface area (Å²) >= 11 is 1.58. The van der Waals surface area contributed by atoms with E-state index in [1.165, 1.54) is 0 Å². The van der Waals surface area contributed by atoms with Gasteiger partial charge in [0.05, 0.1) is 25.3 Å². The smallest absolute Gasteiger partial charge is 0.191 e. The van der Waals surface area contributed by atoms with E-state index < -0.39 is 0 Å². The van der Waals surface area contributed by atoms with Gasteiger partial charge in [-0.15, -0.1) is 10.2 Å². The molecule has 1 aromatic heterocycles. The molecule has 0 atom stereocenters. The quantitative estimate of drug-likeness (QED) is 0.470. The first-order valence-electron chi connectivity index (χ1n) is 8.01. The maximum Gasteiger partial charge on any atom is 0.191 e. The Morgan fingerprint density at radius 1 is 1.04 bits per heavy atom. The van der Waals surface area contributed by atoms with Gasteiger partial charge in [0.2, 0.25) is 0 Å². The van der Waals surface area contributed by atoms with Crippen LogP contribution in [-0.2, 0) is 7.05 Å². The average Bonchev–Trinajstić information content (AvgIpc) is 3.06. The molecule has 0 saturated carbocycles. The number of hydrogen-bond acceptors (Lipinski definition) is 6. The fraction of sp³-hybridized carbons (Fsp3) is 0.211. The summed E-state index contributed by atoms with van der Waals surface area (Å²) in [5.41, 5.74) is 1.61. The summed E-state index contributed by atoms with van der Waals surface area (Å²) < 4.78 is 12.8. The molecule has 0 unspecified atom stereocenters. The molecule has 1 heterocycles. The third-order valence-corrected chi connectivity index (χ3v) is 4.73. The monoisotopic (exact) mass is 366 g/mol. The van der Waals surface area contributed by atoms with Gasteiger partial charge in [0, 0.05) is 18.4 Å². The van der Waals surface area contributed by atoms with E-state index >= 15 is 0 Å². The summed E-state index contributed by atoms with van der Waals surface area (Å²) in [5.74, 6) is 3.12. The molecule has 0 spiro atoms. The molecule has 0 aliphatic carbocycles. The van der Waals surface area contributed by atoms with Crippen molar-refractivity contribution in [2.24, 2.45) is 7.05 Å². The summed E-state index contributed by atoms with van der Waals surface area (Å²) in [7, 11) is 3.59. The van der Waals surface area contributed by atoms with Gasteiger partial charge in [-0.2, -0.15) is 5.26 Å². The zero-order chi connectivity index (χ0) is 18.4. The van der Waals surface area contributed by atoms with Crippen LogP contribution in [0.1, 0.15) is 5.56 Å². The Morgan fingerprint density at radius 2 is 1.73 bits per heavy atom. The highest BCUT2D eigenvalue weighted by molar-refractivity contribution is 7.99. The van der Waals surface area contributed by atoms with Crippen molar-refractivity contribution in [1.82, 2.24) is 14.8 Å². The highest BCUT2D eigenvalue weighted by Crippen LogP contribution is 2.24. The molecule has 0 aliphatic rings. The molecule has 7 heteroatoms. The number of nitrogens with zero attached hydrogens (tertiary/aromatic N) is 4. The number of methoxy groups -OCH3 is 1. The van der Waals surface area contributed by atoms with Crippen LogP contribution >= 0.6 is 11.8 Å². The number of nitriles is 1. The second-order valence-electron chi connectivity index (χ2n) is 5.43. The van der Waals surface area contributed by atoms with Crippen molar-refractivity contribution in [3.05, 3.63) is 54.1 Å². The predicted octanol–water partition coefficient (Wildman–Crippen LogP) is 3.53. The lowest BCUT2D eigenvalue weighted by Gasteiger charge is -2.07. The van der Waals surface area contributed by atoms with E-state index in [4.69, 9.17) is 14.7 Å². The second-order valence-corrected chi connectivity index (χ2v) is 6.49. The lowest BCUT2D eigenvalue weighted by atomic mass is 10.2. The summed E-state index contributed by atoms with van der Waals surface area (Å²) in [5, 5.41) is 18.2. The molecule has 3 rings (SSSR count). The molecule has 0 fully saturated rings. The van der Waals surface area contributed by atoms with Crippen LogP contribution in [0.25, 0.3) is 11.4 Å². The Kier molecular flexibility index (Phi) is 5.77. The predicted molar refractivity (Wildman–Crippen MR) is 100 cm³/mol. The van der Waals surface area contributed by atoms with Crippen molar-refractivity contribution in [3.63, 3.8) is 0 Å². The van der Waals surface area contributed by atoms with E-state index in [1.54, 1.807) is 43.1 Å². The lowest BCUT2D eigenvalue weighted by Crippen LogP contribution is -2.02. The van der Waals surface area contributed by atoms with Gasteiger partial charge in [-0.25, -0.2) is 0 Å². The standard InChI is InChI=1S/C19H18N4O2S/c1-23-18(15-5-9-16(24-2)10-6-15)21-22-19(23)26-12-11-25-17-7-3-14(13-20)4-8-17/h3-10H,11-12H2,1-2H3. The van der Waals surface area contributed by atoms with Crippen LogP contribution in [0.2, 0.25) is 0 Å². The van der Waals surface area contributed by atoms with E-state index in [2.05, 4.69) is 16.3 Å². The van der Waals surface area contributed by atoms with Gasteiger partial charge >= 0.3 is 0 Å². The number of benzene rings is 2. The van der Waals surface area contributed by atoms with Crippen LogP contribution in [0, 0.1) is 11.3 Å². The van der Waals surface area contributed by atoms with Gasteiger partial charge < -0.3 is 14.0 Å². The van der Waals surface area contributed by atoms with E-state index in [1.807, 2.05) is 35.9 Å². The summed E-state index contributed by atoms with van der Waals surface area (Å²) in [4.78, 5) is 0. The van der Waals surface area contributed by atoms with Crippen molar-refractivity contribution in [1.29, 1.82) is 5.26 Å². The van der Waals surface area contributed by atoms with Crippen molar-refractivity contribution >= 4 is 11.8 Å². The van der Waals surface area contributed by atoms with Crippen molar-refractivity contribution in [3.8, 4) is 29.0 Å². The van der Waals surface area contributed by atoms with Crippen molar-refractivity contribution < 1.29 is 9.47 Å². The first-order chi connectivity index (χ1) is 12.7. The Balaban J connectivity index is 1.55. The van der Waals surface area contributed by atoms with E-state index in [9.17, 15) is 0 Å². The molecule has 0 amide bonds. The van der Waals surface area contributed by atoms with E-state index in [0.29, 0.717) is 12.2 Å². The molecule has 2 aromatic carbocycles. The van der Waals surface area contributed by atoms with Crippen LogP contribution in [0.3, 0.4) is 0 Å². The number of ether oxygens (including phenoxy) is 2. The minimum absolute atomic E-state index is 0.543. The zero-order valence-electron chi connectivity index (χ0n) is 14.5. The fourth-order valence-electron chi connectivity index (χ4n) is 2.35. The molecule has 0 N–H and O–H groups in total. The molecule has 26 heavy (non-hydrogen) atoms. The van der Waals surface area contributed by atoms with Gasteiger partial charge in [0.15, 0.2) is 11.0 Å². The van der Waals surface area contributed by atoms with Crippen LogP contribution in [-0.4, -0.2) is 34.2 Å². The molecule has 0 bridgehead atoms. The van der Waals surface area contributed by atoms with Gasteiger partial charge in [0.1, 0.15) is 11.5 Å². The van der Waals surface area contributed by atoms with Crippen LogP contribution < -0.4 is 9.47 Å². The number of thioether (sulfide) groups is 1. The number of aromatic nitrogens is 3. The third kappa shape index (κ3) is 4.16. The average molecular weight is 366 g/mol. The molecule has 6 nitrogen and oxygen atoms in total. The maximum atomic E-state index is 8.79. The van der Waals surface area contributed by atoms with Gasteiger partial charge in [-0.1, -0.05) is 11.8 Å². The second kappa shape index (κ2) is 8.41. The largest absolute Gasteiger partial charge is 0.497 e. The molecular weight excluding hydrogens is 348 g/mol. The van der Waals surface area contributed by atoms with Crippen LogP contribution in [0.4, 0.5) is 0 Å². The van der Waals surface area contributed by atoms with Crippen LogP contribution in [0.15, 0.2) is 53.7 Å². The Bertz CT molecular complexity index is 899. The van der Waals surface area contributed by atoms with Crippen molar-refractivity contribution in [2.75, 3.05) is 19.5 Å². The topological polar surface area (TPSA) is 73.0 Å². The van der Waals surface area contributed by atoms with Gasteiger partial charge in [0.25, 0.3) is 0 Å².